The number of fused-ring (bicyclic) bond motifs is 1. The number of aromatic nitrogens is 3. The lowest BCUT2D eigenvalue weighted by molar-refractivity contribution is -0.117. The number of amides is 1. The monoisotopic (exact) mass is 431 g/mol. The second-order valence-corrected chi connectivity index (χ2v) is 8.32. The fourth-order valence-electron chi connectivity index (χ4n) is 3.79. The second kappa shape index (κ2) is 8.88. The van der Waals surface area contributed by atoms with Crippen molar-refractivity contribution in [3.63, 3.8) is 0 Å². The molecule has 0 unspecified atom stereocenters. The summed E-state index contributed by atoms with van der Waals surface area (Å²) in [7, 11) is 0. The van der Waals surface area contributed by atoms with Crippen molar-refractivity contribution in [3.8, 4) is 22.4 Å². The molecule has 0 aliphatic carbocycles. The third kappa shape index (κ3) is 4.24. The zero-order valence-corrected chi connectivity index (χ0v) is 18.3. The Morgan fingerprint density at radius 2 is 1.72 bits per heavy atom. The Morgan fingerprint density at radius 3 is 2.34 bits per heavy atom. The lowest BCUT2D eigenvalue weighted by Gasteiger charge is -2.15. The minimum atomic E-state index is -0.642. The van der Waals surface area contributed by atoms with Crippen molar-refractivity contribution in [3.05, 3.63) is 66.7 Å². The van der Waals surface area contributed by atoms with Crippen LogP contribution in [0.4, 0.5) is 10.2 Å². The van der Waals surface area contributed by atoms with Gasteiger partial charge in [-0.05, 0) is 72.5 Å². The van der Waals surface area contributed by atoms with E-state index in [1.54, 1.807) is 37.5 Å². The first-order chi connectivity index (χ1) is 15.3. The van der Waals surface area contributed by atoms with Gasteiger partial charge in [0.25, 0.3) is 0 Å². The minimum absolute atomic E-state index is 0.287. The molecule has 3 N–H and O–H groups in total. The Hall–Kier alpha value is -3.58. The van der Waals surface area contributed by atoms with Crippen LogP contribution >= 0.6 is 0 Å². The number of nitrogens with zero attached hydrogens (tertiary/aromatic N) is 3. The summed E-state index contributed by atoms with van der Waals surface area (Å²) in [6.45, 7) is 6.59. The number of carbonyl (C=O) groups excluding carboxylic acids is 1. The molecular weight excluding hydrogens is 405 g/mol. The van der Waals surface area contributed by atoms with E-state index in [1.807, 2.05) is 18.2 Å². The van der Waals surface area contributed by atoms with E-state index in [2.05, 4.69) is 28.7 Å². The highest BCUT2D eigenvalue weighted by atomic mass is 19.1. The van der Waals surface area contributed by atoms with E-state index >= 15 is 0 Å². The molecular formula is C25H26FN5O. The highest BCUT2D eigenvalue weighted by Gasteiger charge is 2.22. The molecule has 164 valence electrons. The van der Waals surface area contributed by atoms with Gasteiger partial charge in [0.1, 0.15) is 17.3 Å². The van der Waals surface area contributed by atoms with Gasteiger partial charge in [-0.25, -0.2) is 9.37 Å². The van der Waals surface area contributed by atoms with Gasteiger partial charge in [0.15, 0.2) is 0 Å². The highest BCUT2D eigenvalue weighted by Crippen LogP contribution is 2.41. The number of hydrogen-bond donors (Lipinski definition) is 2. The first-order valence-electron chi connectivity index (χ1n) is 10.6. The Labute approximate surface area is 186 Å². The number of hydrogen-bond acceptors (Lipinski definition) is 4. The van der Waals surface area contributed by atoms with Crippen LogP contribution in [0.5, 0.6) is 0 Å². The van der Waals surface area contributed by atoms with E-state index in [0.29, 0.717) is 18.3 Å². The number of rotatable bonds is 6. The molecule has 3 aromatic heterocycles. The topological polar surface area (TPSA) is 85.8 Å². The van der Waals surface area contributed by atoms with Gasteiger partial charge in [0, 0.05) is 29.9 Å². The molecule has 0 saturated carbocycles. The van der Waals surface area contributed by atoms with E-state index in [1.165, 1.54) is 12.1 Å². The number of carbonyl (C=O) groups is 1. The number of nitrogens with two attached hydrogens (primary N) is 1. The van der Waals surface area contributed by atoms with Crippen molar-refractivity contribution in [2.45, 2.75) is 33.4 Å². The minimum Gasteiger partial charge on any atom is -0.324 e. The molecule has 1 atom stereocenters. The van der Waals surface area contributed by atoms with Crippen molar-refractivity contribution in [1.29, 1.82) is 0 Å². The number of halogens is 1. The van der Waals surface area contributed by atoms with Crippen LogP contribution in [0.15, 0.2) is 60.9 Å². The molecule has 4 aromatic rings. The molecule has 0 fully saturated rings. The average Bonchev–Trinajstić information content (AvgIpc) is 3.07. The molecule has 0 saturated heterocycles. The molecule has 0 radical (unpaired) electrons. The SMILES string of the molecule is CC(C)Cn1c(-c2ccc(F)cc2)c(-c2ccncc2)c2ccc(NC(=O)[C@H](C)N)nc21. The Balaban J connectivity index is 2.02. The Bertz CT molecular complexity index is 1250. The fraction of sp³-hybridized carbons (Fsp3) is 0.240. The van der Waals surface area contributed by atoms with E-state index in [-0.39, 0.29) is 11.7 Å². The summed E-state index contributed by atoms with van der Waals surface area (Å²) in [4.78, 5) is 21.1. The van der Waals surface area contributed by atoms with Crippen LogP contribution in [0, 0.1) is 11.7 Å². The number of benzene rings is 1. The van der Waals surface area contributed by atoms with Crippen LogP contribution in [0.25, 0.3) is 33.4 Å². The second-order valence-electron chi connectivity index (χ2n) is 8.32. The quantitative estimate of drug-likeness (QED) is 0.457. The van der Waals surface area contributed by atoms with Gasteiger partial charge in [-0.2, -0.15) is 0 Å². The largest absolute Gasteiger partial charge is 0.324 e. The van der Waals surface area contributed by atoms with Gasteiger partial charge in [0.05, 0.1) is 11.7 Å². The molecule has 0 aliphatic heterocycles. The Morgan fingerprint density at radius 1 is 1.03 bits per heavy atom. The van der Waals surface area contributed by atoms with Crippen molar-refractivity contribution in [2.24, 2.45) is 11.7 Å². The summed E-state index contributed by atoms with van der Waals surface area (Å²) in [6.07, 6.45) is 3.50. The highest BCUT2D eigenvalue weighted by molar-refractivity contribution is 6.04. The summed E-state index contributed by atoms with van der Waals surface area (Å²) >= 11 is 0. The van der Waals surface area contributed by atoms with Crippen molar-refractivity contribution >= 4 is 22.8 Å². The predicted molar refractivity (Wildman–Crippen MR) is 125 cm³/mol. The maximum Gasteiger partial charge on any atom is 0.242 e. The molecule has 7 heteroatoms. The molecule has 0 bridgehead atoms. The lowest BCUT2D eigenvalue weighted by Crippen LogP contribution is -2.32. The van der Waals surface area contributed by atoms with E-state index in [9.17, 15) is 9.18 Å². The predicted octanol–water partition coefficient (Wildman–Crippen LogP) is 4.85. The molecule has 1 amide bonds. The molecule has 1 aromatic carbocycles. The summed E-state index contributed by atoms with van der Waals surface area (Å²) in [6, 6.07) is 13.5. The Kier molecular flexibility index (Phi) is 6.01. The van der Waals surface area contributed by atoms with Crippen LogP contribution in [0.1, 0.15) is 20.8 Å². The number of pyridine rings is 2. The summed E-state index contributed by atoms with van der Waals surface area (Å²) in [5, 5.41) is 3.72. The smallest absolute Gasteiger partial charge is 0.242 e. The molecule has 0 aliphatic rings. The first kappa shape index (κ1) is 21.6. The fourth-order valence-corrected chi connectivity index (χ4v) is 3.79. The van der Waals surface area contributed by atoms with Gasteiger partial charge < -0.3 is 15.6 Å². The van der Waals surface area contributed by atoms with E-state index < -0.39 is 6.04 Å². The molecule has 6 nitrogen and oxygen atoms in total. The van der Waals surface area contributed by atoms with Gasteiger partial charge in [-0.3, -0.25) is 9.78 Å². The van der Waals surface area contributed by atoms with Crippen LogP contribution < -0.4 is 11.1 Å². The molecule has 0 spiro atoms. The van der Waals surface area contributed by atoms with Crippen molar-refractivity contribution in [2.75, 3.05) is 5.32 Å². The molecule has 3 heterocycles. The van der Waals surface area contributed by atoms with Gasteiger partial charge in [-0.15, -0.1) is 0 Å². The maximum atomic E-state index is 13.7. The molecule has 32 heavy (non-hydrogen) atoms. The van der Waals surface area contributed by atoms with Gasteiger partial charge in [-0.1, -0.05) is 13.8 Å². The average molecular weight is 432 g/mol. The van der Waals surface area contributed by atoms with Crippen molar-refractivity contribution < 1.29 is 9.18 Å². The maximum absolute atomic E-state index is 13.7. The van der Waals surface area contributed by atoms with Crippen LogP contribution in [-0.4, -0.2) is 26.5 Å². The van der Waals surface area contributed by atoms with Gasteiger partial charge >= 0.3 is 0 Å². The lowest BCUT2D eigenvalue weighted by atomic mass is 9.99. The third-order valence-corrected chi connectivity index (χ3v) is 5.21. The molecule has 4 rings (SSSR count). The summed E-state index contributed by atoms with van der Waals surface area (Å²) in [5.41, 5.74) is 10.3. The summed E-state index contributed by atoms with van der Waals surface area (Å²) < 4.78 is 15.8. The zero-order valence-electron chi connectivity index (χ0n) is 18.3. The number of nitrogens with one attached hydrogen (secondary N) is 1. The first-order valence-corrected chi connectivity index (χ1v) is 10.6. The third-order valence-electron chi connectivity index (χ3n) is 5.21. The van der Waals surface area contributed by atoms with E-state index in [4.69, 9.17) is 10.7 Å². The standard InChI is InChI=1S/C25H26FN5O/c1-15(2)14-31-23(18-4-6-19(26)7-5-18)22(17-10-12-28-13-11-17)20-8-9-21(29-24(20)31)30-25(32)16(3)27/h4-13,15-16H,14,27H2,1-3H3,(H,29,30,32)/t16-/m0/s1. The van der Waals surface area contributed by atoms with Crippen molar-refractivity contribution in [1.82, 2.24) is 14.5 Å². The summed E-state index contributed by atoms with van der Waals surface area (Å²) in [5.74, 6) is 0.185. The van der Waals surface area contributed by atoms with Crippen LogP contribution in [0.3, 0.4) is 0 Å². The van der Waals surface area contributed by atoms with Gasteiger partial charge in [0.2, 0.25) is 5.91 Å². The number of anilines is 1. The zero-order chi connectivity index (χ0) is 22.8. The van der Waals surface area contributed by atoms with Crippen LogP contribution in [-0.2, 0) is 11.3 Å². The van der Waals surface area contributed by atoms with Crippen LogP contribution in [0.2, 0.25) is 0 Å². The normalized spacial score (nSPS) is 12.3. The van der Waals surface area contributed by atoms with E-state index in [0.717, 1.165) is 33.4 Å².